The number of nitro benzene ring substituents is 1. The highest BCUT2D eigenvalue weighted by Crippen LogP contribution is 2.36. The van der Waals surface area contributed by atoms with E-state index in [-0.39, 0.29) is 18.8 Å². The van der Waals surface area contributed by atoms with Crippen molar-refractivity contribution in [3.8, 4) is 0 Å². The van der Waals surface area contributed by atoms with Crippen LogP contribution < -0.4 is 4.90 Å². The lowest BCUT2D eigenvalue weighted by Crippen LogP contribution is -2.32. The summed E-state index contributed by atoms with van der Waals surface area (Å²) in [5.74, 6) is 0. The highest BCUT2D eigenvalue weighted by molar-refractivity contribution is 5.64. The molecule has 0 radical (unpaired) electrons. The van der Waals surface area contributed by atoms with Crippen LogP contribution in [0.15, 0.2) is 18.2 Å². The molecule has 0 amide bonds. The first-order valence-electron chi connectivity index (χ1n) is 5.90. The fourth-order valence-corrected chi connectivity index (χ4v) is 1.83. The quantitative estimate of drug-likeness (QED) is 0.643. The van der Waals surface area contributed by atoms with Gasteiger partial charge in [0.05, 0.1) is 23.2 Å². The largest absolute Gasteiger partial charge is 0.416 e. The zero-order chi connectivity index (χ0) is 16.2. The monoisotopic (exact) mass is 308 g/mol. The number of alkyl halides is 3. The summed E-state index contributed by atoms with van der Waals surface area (Å²) in [6, 6.07) is 2.26. The fraction of sp³-hybridized carbons (Fsp3) is 0.500. The zero-order valence-corrected chi connectivity index (χ0v) is 11.4. The number of aliphatic hydroxyl groups excluding tert-OH is 1. The molecule has 0 aliphatic carbocycles. The number of benzene rings is 1. The number of nitro groups is 1. The van der Waals surface area contributed by atoms with Crippen molar-refractivity contribution in [1.82, 2.24) is 0 Å². The highest BCUT2D eigenvalue weighted by atomic mass is 19.4. The van der Waals surface area contributed by atoms with Crippen LogP contribution in [0.2, 0.25) is 0 Å². The fourth-order valence-electron chi connectivity index (χ4n) is 1.83. The lowest BCUT2D eigenvalue weighted by Gasteiger charge is -2.22. The van der Waals surface area contributed by atoms with Gasteiger partial charge < -0.3 is 14.7 Å². The van der Waals surface area contributed by atoms with Crippen LogP contribution in [0.4, 0.5) is 24.5 Å². The number of anilines is 1. The van der Waals surface area contributed by atoms with E-state index < -0.39 is 28.5 Å². The van der Waals surface area contributed by atoms with Crippen molar-refractivity contribution in [3.63, 3.8) is 0 Å². The van der Waals surface area contributed by atoms with Gasteiger partial charge in [0.25, 0.3) is 5.69 Å². The van der Waals surface area contributed by atoms with Crippen LogP contribution >= 0.6 is 0 Å². The molecule has 0 bridgehead atoms. The smallest absolute Gasteiger partial charge is 0.389 e. The maximum absolute atomic E-state index is 12.6. The van der Waals surface area contributed by atoms with E-state index in [9.17, 15) is 28.4 Å². The summed E-state index contributed by atoms with van der Waals surface area (Å²) in [7, 11) is 2.82. The van der Waals surface area contributed by atoms with Crippen LogP contribution in [-0.4, -0.2) is 43.4 Å². The summed E-state index contributed by atoms with van der Waals surface area (Å²) in [5, 5.41) is 20.5. The molecule has 1 aromatic carbocycles. The Balaban J connectivity index is 3.09. The molecule has 1 N–H and O–H groups in total. The normalized spacial score (nSPS) is 13.0. The van der Waals surface area contributed by atoms with Crippen molar-refractivity contribution in [2.24, 2.45) is 0 Å². The molecule has 0 spiro atoms. The van der Waals surface area contributed by atoms with Gasteiger partial charge in [0.1, 0.15) is 5.69 Å². The van der Waals surface area contributed by atoms with E-state index in [0.717, 1.165) is 12.1 Å². The SMILES string of the molecule is COCC(O)CN(C)c1ccc(C(F)(F)F)cc1[N+](=O)[O-]. The Bertz CT molecular complexity index is 508. The highest BCUT2D eigenvalue weighted by Gasteiger charge is 2.33. The van der Waals surface area contributed by atoms with Crippen LogP contribution in [0.5, 0.6) is 0 Å². The Morgan fingerprint density at radius 3 is 2.57 bits per heavy atom. The molecule has 0 aliphatic heterocycles. The third-order valence-corrected chi connectivity index (χ3v) is 2.75. The number of aliphatic hydroxyl groups is 1. The Kier molecular flexibility index (Phi) is 5.50. The molecule has 0 saturated heterocycles. The summed E-state index contributed by atoms with van der Waals surface area (Å²) in [6.45, 7) is -0.00117. The lowest BCUT2D eigenvalue weighted by molar-refractivity contribution is -0.384. The van der Waals surface area contributed by atoms with Crippen molar-refractivity contribution >= 4 is 11.4 Å². The molecule has 21 heavy (non-hydrogen) atoms. The van der Waals surface area contributed by atoms with Crippen LogP contribution in [-0.2, 0) is 10.9 Å². The Hall–Kier alpha value is -1.87. The molecular weight excluding hydrogens is 293 g/mol. The van der Waals surface area contributed by atoms with Gasteiger partial charge in [0.15, 0.2) is 0 Å². The minimum atomic E-state index is -4.66. The van der Waals surface area contributed by atoms with Gasteiger partial charge in [-0.15, -0.1) is 0 Å². The maximum atomic E-state index is 12.6. The lowest BCUT2D eigenvalue weighted by atomic mass is 10.1. The van der Waals surface area contributed by atoms with Crippen LogP contribution in [0.3, 0.4) is 0 Å². The summed E-state index contributed by atoms with van der Waals surface area (Å²) in [6.07, 6.45) is -5.57. The number of halogens is 3. The molecule has 1 unspecified atom stereocenters. The van der Waals surface area contributed by atoms with Gasteiger partial charge in [0, 0.05) is 26.8 Å². The average Bonchev–Trinajstić information content (AvgIpc) is 2.36. The minimum Gasteiger partial charge on any atom is -0.389 e. The zero-order valence-electron chi connectivity index (χ0n) is 11.4. The second kappa shape index (κ2) is 6.72. The molecule has 6 nitrogen and oxygen atoms in total. The number of nitrogens with zero attached hydrogens (tertiary/aromatic N) is 2. The van der Waals surface area contributed by atoms with Crippen molar-refractivity contribution in [2.75, 3.05) is 32.2 Å². The first-order valence-corrected chi connectivity index (χ1v) is 5.90. The summed E-state index contributed by atoms with van der Waals surface area (Å²) in [4.78, 5) is 11.4. The predicted octanol–water partition coefficient (Wildman–Crippen LogP) is 2.06. The van der Waals surface area contributed by atoms with Crippen LogP contribution in [0.1, 0.15) is 5.56 Å². The van der Waals surface area contributed by atoms with Crippen molar-refractivity contribution < 1.29 is 27.9 Å². The number of hydrogen-bond acceptors (Lipinski definition) is 5. The number of rotatable bonds is 6. The van der Waals surface area contributed by atoms with E-state index in [1.54, 1.807) is 0 Å². The number of ether oxygens (including phenoxy) is 1. The Labute approximate surface area is 118 Å². The molecule has 9 heteroatoms. The van der Waals surface area contributed by atoms with Gasteiger partial charge in [-0.05, 0) is 12.1 Å². The number of hydrogen-bond donors (Lipinski definition) is 1. The molecule has 0 heterocycles. The van der Waals surface area contributed by atoms with Crippen molar-refractivity contribution in [1.29, 1.82) is 0 Å². The minimum absolute atomic E-state index is 0.0110. The molecule has 0 aliphatic rings. The molecular formula is C12H15F3N2O4. The van der Waals surface area contributed by atoms with Crippen LogP contribution in [0.25, 0.3) is 0 Å². The molecule has 1 aromatic rings. The standard InChI is InChI=1S/C12H15F3N2O4/c1-16(6-9(18)7-21-2)10-4-3-8(12(13,14)15)5-11(10)17(19)20/h3-5,9,18H,6-7H2,1-2H3. The maximum Gasteiger partial charge on any atom is 0.416 e. The molecule has 0 saturated carbocycles. The topological polar surface area (TPSA) is 75.8 Å². The third-order valence-electron chi connectivity index (χ3n) is 2.75. The molecule has 1 rings (SSSR count). The Morgan fingerprint density at radius 2 is 2.10 bits per heavy atom. The van der Waals surface area contributed by atoms with E-state index in [1.165, 1.54) is 19.1 Å². The first-order chi connectivity index (χ1) is 9.66. The van der Waals surface area contributed by atoms with Crippen molar-refractivity contribution in [2.45, 2.75) is 12.3 Å². The number of methoxy groups -OCH3 is 1. The molecule has 1 atom stereocenters. The first kappa shape index (κ1) is 17.2. The second-order valence-corrected chi connectivity index (χ2v) is 4.45. The van der Waals surface area contributed by atoms with Gasteiger partial charge in [0.2, 0.25) is 0 Å². The number of likely N-dealkylation sites (N-methyl/N-ethyl adjacent to an activating group) is 1. The van der Waals surface area contributed by atoms with E-state index in [1.807, 2.05) is 0 Å². The van der Waals surface area contributed by atoms with Gasteiger partial charge in [-0.2, -0.15) is 13.2 Å². The molecule has 0 aromatic heterocycles. The van der Waals surface area contributed by atoms with Gasteiger partial charge in [-0.3, -0.25) is 10.1 Å². The van der Waals surface area contributed by atoms with Gasteiger partial charge in [-0.1, -0.05) is 0 Å². The Morgan fingerprint density at radius 1 is 1.48 bits per heavy atom. The predicted molar refractivity (Wildman–Crippen MR) is 69.3 cm³/mol. The summed E-state index contributed by atoms with van der Waals surface area (Å²) < 4.78 is 42.5. The second-order valence-electron chi connectivity index (χ2n) is 4.45. The van der Waals surface area contributed by atoms with Gasteiger partial charge in [-0.25, -0.2) is 0 Å². The van der Waals surface area contributed by atoms with Gasteiger partial charge >= 0.3 is 6.18 Å². The summed E-state index contributed by atoms with van der Waals surface area (Å²) >= 11 is 0. The molecule has 118 valence electrons. The van der Waals surface area contributed by atoms with E-state index in [2.05, 4.69) is 0 Å². The average molecular weight is 308 g/mol. The molecule has 0 fully saturated rings. The van der Waals surface area contributed by atoms with Crippen molar-refractivity contribution in [3.05, 3.63) is 33.9 Å². The third kappa shape index (κ3) is 4.57. The van der Waals surface area contributed by atoms with E-state index in [0.29, 0.717) is 6.07 Å². The summed E-state index contributed by atoms with van der Waals surface area (Å²) in [5.41, 5.74) is -1.77. The van der Waals surface area contributed by atoms with E-state index >= 15 is 0 Å². The van der Waals surface area contributed by atoms with Crippen LogP contribution in [0, 0.1) is 10.1 Å². The van der Waals surface area contributed by atoms with E-state index in [4.69, 9.17) is 4.74 Å².